The molecule has 3 heterocycles. The fraction of sp³-hybridized carbons (Fsp3) is 0.379. The van der Waals surface area contributed by atoms with Crippen LogP contribution in [0.25, 0.3) is 11.1 Å². The van der Waals surface area contributed by atoms with E-state index in [-0.39, 0.29) is 25.0 Å². The Hall–Kier alpha value is -4.21. The van der Waals surface area contributed by atoms with Crippen molar-refractivity contribution in [1.82, 2.24) is 24.9 Å². The molecule has 2 aliphatic carbocycles. The number of benzene rings is 2. The second-order valence-corrected chi connectivity index (χ2v) is 11.0. The fourth-order valence-electron chi connectivity index (χ4n) is 6.29. The van der Waals surface area contributed by atoms with Crippen LogP contribution in [0.4, 0.5) is 9.18 Å². The van der Waals surface area contributed by atoms with Crippen LogP contribution < -0.4 is 10.1 Å². The zero-order chi connectivity index (χ0) is 26.9. The number of carbonyl (C=O) groups excluding carboxylic acids is 3. The van der Waals surface area contributed by atoms with E-state index in [2.05, 4.69) is 10.4 Å². The van der Waals surface area contributed by atoms with Gasteiger partial charge in [0, 0.05) is 30.9 Å². The number of amides is 4. The number of nitrogens with zero attached hydrogens (tertiary/aromatic N) is 4. The minimum Gasteiger partial charge on any atom is -0.491 e. The summed E-state index contributed by atoms with van der Waals surface area (Å²) in [4.78, 5) is 43.3. The maximum Gasteiger partial charge on any atom is 0.325 e. The van der Waals surface area contributed by atoms with Crippen LogP contribution in [-0.2, 0) is 35.1 Å². The van der Waals surface area contributed by atoms with Gasteiger partial charge in [0.15, 0.2) is 0 Å². The molecule has 4 aliphatic rings. The van der Waals surface area contributed by atoms with Crippen molar-refractivity contribution in [2.75, 3.05) is 13.2 Å². The van der Waals surface area contributed by atoms with Crippen LogP contribution >= 0.6 is 0 Å². The lowest BCUT2D eigenvalue weighted by Crippen LogP contribution is -2.49. The number of hydrogen-bond acceptors (Lipinski definition) is 5. The molecule has 0 bridgehead atoms. The lowest BCUT2D eigenvalue weighted by Gasteiger charge is -2.30. The molecule has 7 rings (SSSR count). The van der Waals surface area contributed by atoms with Gasteiger partial charge < -0.3 is 15.0 Å². The van der Waals surface area contributed by atoms with Crippen molar-refractivity contribution < 1.29 is 23.5 Å². The van der Waals surface area contributed by atoms with Gasteiger partial charge in [-0.3, -0.25) is 19.2 Å². The second-order valence-electron chi connectivity index (χ2n) is 11.0. The maximum atomic E-state index is 14.0. The molecule has 0 unspecified atom stereocenters. The van der Waals surface area contributed by atoms with Crippen molar-refractivity contribution in [2.24, 2.45) is 13.0 Å². The number of carbonyl (C=O) groups is 3. The monoisotopic (exact) mass is 529 g/mol. The zero-order valence-corrected chi connectivity index (χ0v) is 21.5. The number of nitrogens with one attached hydrogen (secondary N) is 1. The molecule has 2 aliphatic heterocycles. The van der Waals surface area contributed by atoms with E-state index in [1.807, 2.05) is 31.4 Å². The molecule has 10 heteroatoms. The van der Waals surface area contributed by atoms with E-state index in [0.717, 1.165) is 40.0 Å². The van der Waals surface area contributed by atoms with Crippen molar-refractivity contribution in [2.45, 2.75) is 43.8 Å². The number of aromatic nitrogens is 2. The Kier molecular flexibility index (Phi) is 5.30. The van der Waals surface area contributed by atoms with Gasteiger partial charge in [-0.25, -0.2) is 9.18 Å². The van der Waals surface area contributed by atoms with Crippen LogP contribution in [-0.4, -0.2) is 56.6 Å². The molecule has 200 valence electrons. The van der Waals surface area contributed by atoms with E-state index in [1.54, 1.807) is 21.8 Å². The third kappa shape index (κ3) is 3.88. The highest BCUT2D eigenvalue weighted by Crippen LogP contribution is 2.43. The van der Waals surface area contributed by atoms with Gasteiger partial charge in [-0.15, -0.1) is 0 Å². The molecule has 3 aromatic rings. The molecule has 1 N–H and O–H groups in total. The summed E-state index contributed by atoms with van der Waals surface area (Å²) in [7, 11) is 1.86. The molecule has 1 saturated carbocycles. The van der Waals surface area contributed by atoms with E-state index in [1.165, 1.54) is 12.1 Å². The van der Waals surface area contributed by atoms with Crippen LogP contribution in [0.3, 0.4) is 0 Å². The third-order valence-corrected chi connectivity index (χ3v) is 8.50. The van der Waals surface area contributed by atoms with E-state index < -0.39 is 23.3 Å². The van der Waals surface area contributed by atoms with Crippen LogP contribution in [0, 0.1) is 11.7 Å². The number of hydrogen-bond donors (Lipinski definition) is 1. The van der Waals surface area contributed by atoms with Gasteiger partial charge in [-0.2, -0.15) is 5.10 Å². The van der Waals surface area contributed by atoms with Gasteiger partial charge in [-0.05, 0) is 66.5 Å². The standard InChI is InChI=1S/C29H28FN5O4/c1-33-13-21(12-31-33)18-4-6-23-19(10-18)8-9-29(23)27(37)35(28(38)32-29)15-26(36)34-14-20-11-22(30)5-7-25(20)39-16-24(34)17-2-3-17/h4-7,10-13,17,24H,2-3,8-9,14-16H2,1H3,(H,32,38)/t24-,29+/m0/s1. The van der Waals surface area contributed by atoms with E-state index in [4.69, 9.17) is 4.74 Å². The summed E-state index contributed by atoms with van der Waals surface area (Å²) in [6, 6.07) is 9.42. The number of urea groups is 1. The first-order chi connectivity index (χ1) is 18.8. The topological polar surface area (TPSA) is 96.8 Å². The van der Waals surface area contributed by atoms with Crippen molar-refractivity contribution in [1.29, 1.82) is 0 Å². The molecule has 1 spiro atoms. The first-order valence-electron chi connectivity index (χ1n) is 13.3. The fourth-order valence-corrected chi connectivity index (χ4v) is 6.29. The molecule has 2 atom stereocenters. The van der Waals surface area contributed by atoms with Gasteiger partial charge >= 0.3 is 6.03 Å². The Morgan fingerprint density at radius 2 is 2.00 bits per heavy atom. The summed E-state index contributed by atoms with van der Waals surface area (Å²) < 4.78 is 21.7. The number of aryl methyl sites for hydroxylation is 2. The number of ether oxygens (including phenoxy) is 1. The molecule has 1 aromatic heterocycles. The van der Waals surface area contributed by atoms with Gasteiger partial charge in [0.2, 0.25) is 5.91 Å². The van der Waals surface area contributed by atoms with Crippen LogP contribution in [0.5, 0.6) is 5.75 Å². The molecular formula is C29H28FN5O4. The molecular weight excluding hydrogens is 501 g/mol. The summed E-state index contributed by atoms with van der Waals surface area (Å²) in [6.45, 7) is 0.0942. The molecule has 1 saturated heterocycles. The Bertz CT molecular complexity index is 1530. The summed E-state index contributed by atoms with van der Waals surface area (Å²) in [5.41, 5.74) is 3.14. The second kappa shape index (κ2) is 8.65. The Balaban J connectivity index is 1.14. The summed E-state index contributed by atoms with van der Waals surface area (Å²) >= 11 is 0. The van der Waals surface area contributed by atoms with Gasteiger partial charge in [0.25, 0.3) is 5.91 Å². The smallest absolute Gasteiger partial charge is 0.325 e. The van der Waals surface area contributed by atoms with E-state index >= 15 is 0 Å². The van der Waals surface area contributed by atoms with Gasteiger partial charge in [0.1, 0.15) is 30.3 Å². The number of rotatable bonds is 4. The molecule has 2 fully saturated rings. The van der Waals surface area contributed by atoms with Gasteiger partial charge in [-0.1, -0.05) is 18.2 Å². The van der Waals surface area contributed by atoms with Crippen molar-refractivity contribution in [3.05, 3.63) is 71.3 Å². The molecule has 4 amide bonds. The first kappa shape index (κ1) is 23.9. The van der Waals surface area contributed by atoms with Crippen LogP contribution in [0.15, 0.2) is 48.8 Å². The number of fused-ring (bicyclic) bond motifs is 3. The Labute approximate surface area is 224 Å². The normalized spacial score (nSPS) is 23.9. The Morgan fingerprint density at radius 1 is 1.15 bits per heavy atom. The molecule has 0 radical (unpaired) electrons. The Morgan fingerprint density at radius 3 is 2.77 bits per heavy atom. The highest BCUT2D eigenvalue weighted by Gasteiger charge is 2.56. The predicted molar refractivity (Wildman–Crippen MR) is 138 cm³/mol. The molecule has 2 aromatic carbocycles. The van der Waals surface area contributed by atoms with Gasteiger partial charge in [0.05, 0.1) is 12.2 Å². The summed E-state index contributed by atoms with van der Waals surface area (Å²) in [5, 5.41) is 7.15. The van der Waals surface area contributed by atoms with E-state index in [0.29, 0.717) is 36.7 Å². The quantitative estimate of drug-likeness (QED) is 0.524. The number of halogens is 1. The summed E-state index contributed by atoms with van der Waals surface area (Å²) in [5.74, 6) is -0.317. The van der Waals surface area contributed by atoms with Crippen molar-refractivity contribution in [3.63, 3.8) is 0 Å². The third-order valence-electron chi connectivity index (χ3n) is 8.50. The predicted octanol–water partition coefficient (Wildman–Crippen LogP) is 3.12. The largest absolute Gasteiger partial charge is 0.491 e. The average molecular weight is 530 g/mol. The number of imide groups is 1. The molecule has 39 heavy (non-hydrogen) atoms. The highest BCUT2D eigenvalue weighted by atomic mass is 19.1. The van der Waals surface area contributed by atoms with Crippen LogP contribution in [0.2, 0.25) is 0 Å². The maximum absolute atomic E-state index is 14.0. The SMILES string of the molecule is Cn1cc(-c2ccc3c(c2)CC[C@@]32NC(=O)N(CC(=O)N3Cc4cc(F)ccc4OC[C@H]3C3CC3)C2=O)cn1. The lowest BCUT2D eigenvalue weighted by atomic mass is 9.90. The average Bonchev–Trinajstić information content (AvgIpc) is 3.55. The summed E-state index contributed by atoms with van der Waals surface area (Å²) in [6.07, 6.45) is 6.74. The lowest BCUT2D eigenvalue weighted by molar-refractivity contribution is -0.141. The molecule has 9 nitrogen and oxygen atoms in total. The minimum atomic E-state index is -1.17. The van der Waals surface area contributed by atoms with E-state index in [9.17, 15) is 18.8 Å². The highest BCUT2D eigenvalue weighted by molar-refractivity contribution is 6.10. The van der Waals surface area contributed by atoms with Crippen molar-refractivity contribution in [3.8, 4) is 16.9 Å². The first-order valence-corrected chi connectivity index (χ1v) is 13.3. The zero-order valence-electron chi connectivity index (χ0n) is 21.5. The van der Waals surface area contributed by atoms with Crippen molar-refractivity contribution >= 4 is 17.8 Å². The van der Waals surface area contributed by atoms with Crippen LogP contribution in [0.1, 0.15) is 36.0 Å². The minimum absolute atomic E-state index is 0.168.